The van der Waals surface area contributed by atoms with Gasteiger partial charge in [0.05, 0.1) is 25.3 Å². The van der Waals surface area contributed by atoms with Gasteiger partial charge < -0.3 is 19.4 Å². The molecule has 2 aliphatic heterocycles. The summed E-state index contributed by atoms with van der Waals surface area (Å²) in [5, 5.41) is 5.67. The number of nitrogens with zero attached hydrogens (tertiary/aromatic N) is 5. The average Bonchev–Trinajstić information content (AvgIpc) is 3.48. The molecule has 3 aromatic rings. The molecule has 2 fully saturated rings. The van der Waals surface area contributed by atoms with Crippen molar-refractivity contribution in [3.05, 3.63) is 41.1 Å². The summed E-state index contributed by atoms with van der Waals surface area (Å²) in [6.45, 7) is 9.99. The molecule has 0 bridgehead atoms. The van der Waals surface area contributed by atoms with E-state index in [1.807, 2.05) is 17.8 Å². The van der Waals surface area contributed by atoms with Crippen molar-refractivity contribution >= 4 is 40.5 Å². The molecule has 2 saturated heterocycles. The first-order chi connectivity index (χ1) is 16.7. The van der Waals surface area contributed by atoms with Gasteiger partial charge in [0.25, 0.3) is 0 Å². The number of thioether (sulfide) groups is 1. The van der Waals surface area contributed by atoms with Gasteiger partial charge in [0.1, 0.15) is 12.4 Å². The largest absolute Gasteiger partial charge is 0.462 e. The fourth-order valence-corrected chi connectivity index (χ4v) is 5.09. The first kappa shape index (κ1) is 22.9. The van der Waals surface area contributed by atoms with Crippen LogP contribution in [0.1, 0.15) is 16.8 Å². The van der Waals surface area contributed by atoms with Crippen molar-refractivity contribution in [3.63, 3.8) is 0 Å². The summed E-state index contributed by atoms with van der Waals surface area (Å²) >= 11 is 1.90. The Balaban J connectivity index is 1.27. The molecule has 34 heavy (non-hydrogen) atoms. The summed E-state index contributed by atoms with van der Waals surface area (Å²) in [5.74, 6) is 3.49. The van der Waals surface area contributed by atoms with E-state index in [-0.39, 0.29) is 0 Å². The Morgan fingerprint density at radius 2 is 2.09 bits per heavy atom. The summed E-state index contributed by atoms with van der Waals surface area (Å²) < 4.78 is 11.4. The Morgan fingerprint density at radius 1 is 1.21 bits per heavy atom. The van der Waals surface area contributed by atoms with E-state index in [0.29, 0.717) is 18.4 Å². The highest BCUT2D eigenvalue weighted by molar-refractivity contribution is 7.99. The number of aryl methyl sites for hydroxylation is 2. The van der Waals surface area contributed by atoms with Crippen molar-refractivity contribution in [1.29, 1.82) is 0 Å². The van der Waals surface area contributed by atoms with Gasteiger partial charge in [-0.25, -0.2) is 0 Å². The minimum absolute atomic E-state index is 0.374. The Labute approximate surface area is 203 Å². The smallest absolute Gasteiger partial charge is 0.320 e. The lowest BCUT2D eigenvalue weighted by Crippen LogP contribution is -2.38. The van der Waals surface area contributed by atoms with Gasteiger partial charge in [-0.2, -0.15) is 15.1 Å². The van der Waals surface area contributed by atoms with E-state index in [4.69, 9.17) is 9.47 Å². The minimum Gasteiger partial charge on any atom is -0.462 e. The molecular formula is C24H31N7O2S. The number of hydrazone groups is 1. The van der Waals surface area contributed by atoms with E-state index in [1.165, 1.54) is 16.6 Å². The van der Waals surface area contributed by atoms with Crippen molar-refractivity contribution in [3.8, 4) is 6.01 Å². The Kier molecular flexibility index (Phi) is 7.17. The number of hydrogen-bond donors (Lipinski definition) is 2. The van der Waals surface area contributed by atoms with Crippen LogP contribution < -0.4 is 15.1 Å². The second-order valence-corrected chi connectivity index (χ2v) is 9.62. The average molecular weight is 482 g/mol. The van der Waals surface area contributed by atoms with Gasteiger partial charge >= 0.3 is 6.01 Å². The third kappa shape index (κ3) is 5.45. The zero-order valence-electron chi connectivity index (χ0n) is 19.7. The maximum absolute atomic E-state index is 5.94. The first-order valence-electron chi connectivity index (χ1n) is 11.7. The summed E-state index contributed by atoms with van der Waals surface area (Å²) in [6, 6.07) is 8.61. The Morgan fingerprint density at radius 3 is 2.91 bits per heavy atom. The van der Waals surface area contributed by atoms with Crippen LogP contribution in [0.15, 0.2) is 29.4 Å². The van der Waals surface area contributed by atoms with Crippen LogP contribution in [0, 0.1) is 13.8 Å². The summed E-state index contributed by atoms with van der Waals surface area (Å²) in [6.07, 6.45) is 1.80. The SMILES string of the molecule is Cc1[nH]c2cc(/C=N/Nc3cc(N4CCSC4)nc(OCCN4CCOCC4)n3)ccc2c1C. The molecule has 2 N–H and O–H groups in total. The summed E-state index contributed by atoms with van der Waals surface area (Å²) in [5.41, 5.74) is 7.67. The van der Waals surface area contributed by atoms with Crippen molar-refractivity contribution in [1.82, 2.24) is 19.9 Å². The van der Waals surface area contributed by atoms with Crippen molar-refractivity contribution in [2.75, 3.05) is 68.0 Å². The zero-order valence-corrected chi connectivity index (χ0v) is 20.5. The second-order valence-electron chi connectivity index (χ2n) is 8.55. The number of rotatable bonds is 8. The molecule has 0 saturated carbocycles. The number of fused-ring (bicyclic) bond motifs is 1. The Hall–Kier alpha value is -2.82. The van der Waals surface area contributed by atoms with Crippen molar-refractivity contribution < 1.29 is 9.47 Å². The lowest BCUT2D eigenvalue weighted by atomic mass is 10.1. The molecule has 5 rings (SSSR count). The normalized spacial score (nSPS) is 17.2. The van der Waals surface area contributed by atoms with E-state index < -0.39 is 0 Å². The lowest BCUT2D eigenvalue weighted by molar-refractivity contribution is 0.0317. The van der Waals surface area contributed by atoms with E-state index in [2.05, 4.69) is 67.3 Å². The van der Waals surface area contributed by atoms with Crippen LogP contribution in [0.4, 0.5) is 11.6 Å². The maximum atomic E-state index is 5.94. The monoisotopic (exact) mass is 481 g/mol. The van der Waals surface area contributed by atoms with Crippen molar-refractivity contribution in [2.45, 2.75) is 13.8 Å². The van der Waals surface area contributed by atoms with Gasteiger partial charge in [-0.15, -0.1) is 11.8 Å². The van der Waals surface area contributed by atoms with Gasteiger partial charge in [-0.05, 0) is 31.0 Å². The highest BCUT2D eigenvalue weighted by Crippen LogP contribution is 2.25. The number of aromatic amines is 1. The molecule has 2 aromatic heterocycles. The highest BCUT2D eigenvalue weighted by Gasteiger charge is 2.17. The molecule has 4 heterocycles. The number of morpholine rings is 1. The van der Waals surface area contributed by atoms with E-state index in [1.54, 1.807) is 6.21 Å². The van der Waals surface area contributed by atoms with Crippen LogP contribution in [0.2, 0.25) is 0 Å². The predicted octanol–water partition coefficient (Wildman–Crippen LogP) is 3.24. The number of hydrogen-bond acceptors (Lipinski definition) is 9. The predicted molar refractivity (Wildman–Crippen MR) is 138 cm³/mol. The quantitative estimate of drug-likeness (QED) is 0.374. The molecule has 2 aliphatic rings. The summed E-state index contributed by atoms with van der Waals surface area (Å²) in [4.78, 5) is 17.2. The molecule has 0 aliphatic carbocycles. The van der Waals surface area contributed by atoms with Crippen molar-refractivity contribution in [2.24, 2.45) is 5.10 Å². The van der Waals surface area contributed by atoms with Gasteiger partial charge in [-0.3, -0.25) is 10.3 Å². The molecule has 0 atom stereocenters. The van der Waals surface area contributed by atoms with E-state index >= 15 is 0 Å². The number of benzene rings is 1. The highest BCUT2D eigenvalue weighted by atomic mass is 32.2. The Bertz CT molecular complexity index is 1150. The van der Waals surface area contributed by atoms with Gasteiger partial charge in [0.15, 0.2) is 5.82 Å². The molecule has 10 heteroatoms. The van der Waals surface area contributed by atoms with Crippen LogP contribution in [-0.4, -0.2) is 83.7 Å². The maximum Gasteiger partial charge on any atom is 0.320 e. The van der Waals surface area contributed by atoms with Crippen LogP contribution in [-0.2, 0) is 4.74 Å². The standard InChI is InChI=1S/C24H31N7O2S/c1-17-18(2)26-21-13-19(3-4-20(17)21)15-25-29-22-14-23(31-8-12-34-16-31)28-24(27-22)33-11-7-30-5-9-32-10-6-30/h3-4,13-15,26H,5-12,16H2,1-2H3,(H,27,28,29)/b25-15+. The van der Waals surface area contributed by atoms with Gasteiger partial charge in [0, 0.05) is 54.6 Å². The van der Waals surface area contributed by atoms with E-state index in [9.17, 15) is 0 Å². The van der Waals surface area contributed by atoms with Crippen LogP contribution in [0.25, 0.3) is 10.9 Å². The number of aromatic nitrogens is 3. The van der Waals surface area contributed by atoms with Gasteiger partial charge in [0.2, 0.25) is 0 Å². The fourth-order valence-electron chi connectivity index (χ4n) is 4.13. The summed E-state index contributed by atoms with van der Waals surface area (Å²) in [7, 11) is 0. The third-order valence-corrected chi connectivity index (χ3v) is 7.20. The van der Waals surface area contributed by atoms with Crippen LogP contribution in [0.5, 0.6) is 6.01 Å². The topological polar surface area (TPSA) is 90.9 Å². The first-order valence-corrected chi connectivity index (χ1v) is 12.8. The zero-order chi connectivity index (χ0) is 23.3. The third-order valence-electron chi connectivity index (χ3n) is 6.24. The van der Waals surface area contributed by atoms with Crippen LogP contribution >= 0.6 is 11.8 Å². The second kappa shape index (κ2) is 10.6. The molecule has 0 unspecified atom stereocenters. The molecule has 180 valence electrons. The molecular weight excluding hydrogens is 450 g/mol. The molecule has 1 aromatic carbocycles. The van der Waals surface area contributed by atoms with Crippen LogP contribution in [0.3, 0.4) is 0 Å². The van der Waals surface area contributed by atoms with Gasteiger partial charge in [-0.1, -0.05) is 12.1 Å². The fraction of sp³-hybridized carbons (Fsp3) is 0.458. The molecule has 0 radical (unpaired) electrons. The van der Waals surface area contributed by atoms with E-state index in [0.717, 1.165) is 67.9 Å². The molecule has 9 nitrogen and oxygen atoms in total. The number of anilines is 2. The molecule has 0 amide bonds. The number of ether oxygens (including phenoxy) is 2. The number of H-pyrrole nitrogens is 1. The lowest BCUT2D eigenvalue weighted by Gasteiger charge is -2.26. The number of nitrogens with one attached hydrogen (secondary N) is 2. The minimum atomic E-state index is 0.374. The molecule has 0 spiro atoms.